The average molecular weight is 435 g/mol. The molecule has 1 aliphatic rings. The third-order valence-corrected chi connectivity index (χ3v) is 5.67. The molecule has 2 aromatic heterocycles. The van der Waals surface area contributed by atoms with Crippen molar-refractivity contribution in [2.45, 2.75) is 24.8 Å². The molecule has 0 spiro atoms. The second-order valence-corrected chi connectivity index (χ2v) is 8.03. The molecule has 0 saturated carbocycles. The number of primary amides is 1. The summed E-state index contributed by atoms with van der Waals surface area (Å²) < 4.78 is 13.5. The highest BCUT2D eigenvalue weighted by atomic mass is 19.1. The van der Waals surface area contributed by atoms with Gasteiger partial charge in [-0.05, 0) is 48.2 Å². The quantitative estimate of drug-likeness (QED) is 0.502. The second-order valence-electron chi connectivity index (χ2n) is 8.03. The number of hydrogen-bond acceptors (Lipinski definition) is 6. The van der Waals surface area contributed by atoms with Gasteiger partial charge in [0, 0.05) is 43.6 Å². The molecule has 1 unspecified atom stereocenters. The van der Waals surface area contributed by atoms with Gasteiger partial charge in [0.1, 0.15) is 17.5 Å². The first-order valence-electron chi connectivity index (χ1n) is 10.7. The van der Waals surface area contributed by atoms with Crippen molar-refractivity contribution in [2.24, 2.45) is 11.5 Å². The van der Waals surface area contributed by atoms with Gasteiger partial charge < -0.3 is 21.7 Å². The fourth-order valence-electron chi connectivity index (χ4n) is 4.07. The monoisotopic (exact) mass is 434 g/mol. The molecule has 3 aromatic rings. The van der Waals surface area contributed by atoms with Gasteiger partial charge in [0.05, 0.1) is 5.92 Å². The molecular weight excluding hydrogens is 407 g/mol. The molecule has 0 aliphatic carbocycles. The van der Waals surface area contributed by atoms with Gasteiger partial charge >= 0.3 is 0 Å². The Labute approximate surface area is 186 Å². The number of rotatable bonds is 8. The van der Waals surface area contributed by atoms with Crippen LogP contribution in [0.2, 0.25) is 0 Å². The molecule has 7 nitrogen and oxygen atoms in total. The van der Waals surface area contributed by atoms with Crippen LogP contribution in [0, 0.1) is 5.82 Å². The van der Waals surface area contributed by atoms with Crippen LogP contribution >= 0.6 is 0 Å². The summed E-state index contributed by atoms with van der Waals surface area (Å²) in [5.74, 6) is -0.0675. The number of amides is 1. The number of aromatic nitrogens is 2. The number of halogens is 1. The first-order valence-corrected chi connectivity index (χ1v) is 10.7. The van der Waals surface area contributed by atoms with Crippen molar-refractivity contribution < 1.29 is 9.18 Å². The van der Waals surface area contributed by atoms with Gasteiger partial charge in [-0.2, -0.15) is 0 Å². The second kappa shape index (κ2) is 9.74. The Bertz CT molecular complexity index is 1080. The molecule has 32 heavy (non-hydrogen) atoms. The highest BCUT2D eigenvalue weighted by molar-refractivity contribution is 5.87. The van der Waals surface area contributed by atoms with Crippen LogP contribution in [0.5, 0.6) is 0 Å². The van der Waals surface area contributed by atoms with Crippen LogP contribution in [0.15, 0.2) is 60.9 Å². The van der Waals surface area contributed by atoms with E-state index in [1.165, 1.54) is 12.1 Å². The normalized spacial score (nSPS) is 16.7. The van der Waals surface area contributed by atoms with Gasteiger partial charge in [-0.1, -0.05) is 24.3 Å². The minimum Gasteiger partial charge on any atom is -0.369 e. The zero-order chi connectivity index (χ0) is 22.5. The maximum atomic E-state index is 13.5. The van der Waals surface area contributed by atoms with E-state index >= 15 is 0 Å². The summed E-state index contributed by atoms with van der Waals surface area (Å²) in [5.41, 5.74) is 14.1. The summed E-state index contributed by atoms with van der Waals surface area (Å²) in [5, 5.41) is 3.34. The molecule has 8 heteroatoms. The predicted molar refractivity (Wildman–Crippen MR) is 123 cm³/mol. The lowest BCUT2D eigenvalue weighted by atomic mass is 9.92. The highest BCUT2D eigenvalue weighted by Gasteiger charge is 2.26. The molecule has 1 aromatic carbocycles. The summed E-state index contributed by atoms with van der Waals surface area (Å²) in [6.45, 7) is 2.08. The number of anilines is 2. The van der Waals surface area contributed by atoms with E-state index in [4.69, 9.17) is 16.5 Å². The lowest BCUT2D eigenvalue weighted by molar-refractivity contribution is -0.118. The minimum absolute atomic E-state index is 0.120. The molecule has 1 fully saturated rings. The Morgan fingerprint density at radius 1 is 1.25 bits per heavy atom. The Morgan fingerprint density at radius 2 is 2.12 bits per heavy atom. The van der Waals surface area contributed by atoms with Crippen LogP contribution < -0.4 is 21.7 Å². The molecular formula is C24H27FN6O. The number of carbonyl (C=O) groups excluding carboxylic acids is 1. The zero-order valence-electron chi connectivity index (χ0n) is 17.7. The lowest BCUT2D eigenvalue weighted by Gasteiger charge is -2.22. The molecule has 0 radical (unpaired) electrons. The molecule has 1 aliphatic heterocycles. The molecule has 3 heterocycles. The predicted octanol–water partition coefficient (Wildman–Crippen LogP) is 2.42. The van der Waals surface area contributed by atoms with Crippen molar-refractivity contribution >= 4 is 17.5 Å². The molecule has 5 N–H and O–H groups in total. The number of pyridine rings is 2. The van der Waals surface area contributed by atoms with Gasteiger partial charge in [0.2, 0.25) is 5.91 Å². The molecule has 166 valence electrons. The molecule has 2 atom stereocenters. The number of nitrogens with one attached hydrogen (secondary N) is 1. The standard InChI is InChI=1S/C24H27FN6O/c25-18-5-1-3-16(13-18)8-11-29-24-20(22(23(27)32)17-4-2-10-28-14-17)6-7-21(30-24)31-12-9-19(26)15-31/h1-7,10,13-14,19,22H,8-9,11-12,15,26H2,(H2,27,32)(H,29,30)/t19-,22?/m1/s1. The summed E-state index contributed by atoms with van der Waals surface area (Å²) >= 11 is 0. The number of nitrogens with zero attached hydrogens (tertiary/aromatic N) is 3. The van der Waals surface area contributed by atoms with Crippen molar-refractivity contribution in [2.75, 3.05) is 29.9 Å². The highest BCUT2D eigenvalue weighted by Crippen LogP contribution is 2.31. The van der Waals surface area contributed by atoms with Gasteiger partial charge in [-0.3, -0.25) is 9.78 Å². The van der Waals surface area contributed by atoms with Crippen molar-refractivity contribution in [1.29, 1.82) is 0 Å². The summed E-state index contributed by atoms with van der Waals surface area (Å²) in [7, 11) is 0. The van der Waals surface area contributed by atoms with E-state index in [-0.39, 0.29) is 11.9 Å². The van der Waals surface area contributed by atoms with Crippen molar-refractivity contribution in [1.82, 2.24) is 9.97 Å². The summed E-state index contributed by atoms with van der Waals surface area (Å²) in [4.78, 5) is 23.5. The smallest absolute Gasteiger partial charge is 0.229 e. The first-order chi connectivity index (χ1) is 15.5. The van der Waals surface area contributed by atoms with E-state index in [0.29, 0.717) is 29.9 Å². The molecule has 1 saturated heterocycles. The van der Waals surface area contributed by atoms with E-state index in [1.54, 1.807) is 24.5 Å². The van der Waals surface area contributed by atoms with Crippen LogP contribution in [0.3, 0.4) is 0 Å². The van der Waals surface area contributed by atoms with E-state index in [2.05, 4.69) is 15.2 Å². The van der Waals surface area contributed by atoms with Gasteiger partial charge in [0.15, 0.2) is 0 Å². The van der Waals surface area contributed by atoms with Gasteiger partial charge in [0.25, 0.3) is 0 Å². The van der Waals surface area contributed by atoms with E-state index < -0.39 is 11.8 Å². The maximum Gasteiger partial charge on any atom is 0.229 e. The number of carbonyl (C=O) groups is 1. The largest absolute Gasteiger partial charge is 0.369 e. The van der Waals surface area contributed by atoms with E-state index in [9.17, 15) is 9.18 Å². The fraction of sp³-hybridized carbons (Fsp3) is 0.292. The van der Waals surface area contributed by atoms with E-state index in [0.717, 1.165) is 30.9 Å². The number of benzene rings is 1. The van der Waals surface area contributed by atoms with Crippen LogP contribution in [-0.4, -0.2) is 41.6 Å². The Hall–Kier alpha value is -3.52. The zero-order valence-corrected chi connectivity index (χ0v) is 17.7. The Balaban J connectivity index is 1.64. The fourth-order valence-corrected chi connectivity index (χ4v) is 4.07. The minimum atomic E-state index is -0.692. The van der Waals surface area contributed by atoms with Gasteiger partial charge in [-0.15, -0.1) is 0 Å². The Morgan fingerprint density at radius 3 is 2.81 bits per heavy atom. The Kier molecular flexibility index (Phi) is 6.61. The van der Waals surface area contributed by atoms with Crippen molar-refractivity contribution in [3.8, 4) is 0 Å². The van der Waals surface area contributed by atoms with Crippen LogP contribution in [0.4, 0.5) is 16.0 Å². The topological polar surface area (TPSA) is 110 Å². The first kappa shape index (κ1) is 21.7. The molecule has 4 rings (SSSR count). The van der Waals surface area contributed by atoms with E-state index in [1.807, 2.05) is 24.3 Å². The molecule has 0 bridgehead atoms. The SMILES string of the molecule is NC(=O)C(c1cccnc1)c1ccc(N2CC[C@@H](N)C2)nc1NCCc1cccc(F)c1. The lowest BCUT2D eigenvalue weighted by Crippen LogP contribution is -2.28. The molecule has 1 amide bonds. The maximum absolute atomic E-state index is 13.5. The number of hydrogen-bond donors (Lipinski definition) is 3. The third-order valence-electron chi connectivity index (χ3n) is 5.67. The van der Waals surface area contributed by atoms with Crippen LogP contribution in [0.1, 0.15) is 29.0 Å². The summed E-state index contributed by atoms with van der Waals surface area (Å²) in [6, 6.07) is 14.0. The third kappa shape index (κ3) is 5.03. The summed E-state index contributed by atoms with van der Waals surface area (Å²) in [6.07, 6.45) is 4.80. The van der Waals surface area contributed by atoms with Gasteiger partial charge in [-0.25, -0.2) is 9.37 Å². The van der Waals surface area contributed by atoms with Crippen molar-refractivity contribution in [3.05, 3.63) is 83.4 Å². The average Bonchev–Trinajstić information content (AvgIpc) is 3.22. The van der Waals surface area contributed by atoms with Crippen LogP contribution in [0.25, 0.3) is 0 Å². The van der Waals surface area contributed by atoms with Crippen LogP contribution in [-0.2, 0) is 11.2 Å². The van der Waals surface area contributed by atoms with Crippen molar-refractivity contribution in [3.63, 3.8) is 0 Å². The number of nitrogens with two attached hydrogens (primary N) is 2.